The van der Waals surface area contributed by atoms with Gasteiger partial charge in [-0.3, -0.25) is 0 Å². The van der Waals surface area contributed by atoms with Gasteiger partial charge in [-0.1, -0.05) is 89.7 Å². The number of aryl methyl sites for hydroxylation is 3. The average Bonchev–Trinajstić information content (AvgIpc) is 3.17. The van der Waals surface area contributed by atoms with Gasteiger partial charge in [0, 0.05) is 9.52 Å². The van der Waals surface area contributed by atoms with E-state index >= 15 is 0 Å². The number of rotatable bonds is 1. The summed E-state index contributed by atoms with van der Waals surface area (Å²) in [6.45, 7) is 15.1. The molecule has 0 saturated heterocycles. The fourth-order valence-corrected chi connectivity index (χ4v) is 3.39. The SMILES string of the molecule is C[Si]C.Cc1[cH-]c(C)c(C)c1C.Cc1cc2c(-c3ccccc3)cccc2[cH-]1.[Cl-].[Cl-].[Hf+4]. The molecule has 0 N–H and O–H groups in total. The minimum atomic E-state index is 0. The van der Waals surface area contributed by atoms with Crippen molar-refractivity contribution in [2.24, 2.45) is 0 Å². The molecule has 0 atom stereocenters. The standard InChI is InChI=1S/C16H13.C9H13.C2H6Si.2ClH.Hf/c1-12-10-14-8-5-9-15(16(14)11-12)13-6-3-2-4-7-13;1-6-5-7(2)9(4)8(6)3;1-3-2;;;/h2-11H,1H3;5H,1-4H3;1-2H3;2*1H;/q2*-1;;;;+4/p-2. The van der Waals surface area contributed by atoms with Crippen LogP contribution in [0.3, 0.4) is 0 Å². The molecule has 0 nitrogen and oxygen atoms in total. The summed E-state index contributed by atoms with van der Waals surface area (Å²) >= 11 is 0. The van der Waals surface area contributed by atoms with Crippen LogP contribution in [0.4, 0.5) is 0 Å². The second kappa shape index (κ2) is 15.8. The quantitative estimate of drug-likeness (QED) is 0.222. The third-order valence-electron chi connectivity index (χ3n) is 5.16. The van der Waals surface area contributed by atoms with Gasteiger partial charge in [0.2, 0.25) is 0 Å². The van der Waals surface area contributed by atoms with Crippen LogP contribution < -0.4 is 24.8 Å². The fourth-order valence-electron chi connectivity index (χ4n) is 3.39. The van der Waals surface area contributed by atoms with Crippen molar-refractivity contribution < 1.29 is 50.7 Å². The molecule has 4 aromatic rings. The Kier molecular flexibility index (Phi) is 16.4. The largest absolute Gasteiger partial charge is 4.00 e. The zero-order chi connectivity index (χ0) is 20.7. The van der Waals surface area contributed by atoms with Crippen LogP contribution in [0.2, 0.25) is 13.1 Å². The van der Waals surface area contributed by atoms with Crippen molar-refractivity contribution in [1.29, 1.82) is 0 Å². The Bertz CT molecular complexity index is 994. The van der Waals surface area contributed by atoms with Gasteiger partial charge in [0.05, 0.1) is 0 Å². The van der Waals surface area contributed by atoms with E-state index in [1.165, 1.54) is 49.7 Å². The minimum Gasteiger partial charge on any atom is -1.00 e. The molecule has 0 aliphatic rings. The maximum Gasteiger partial charge on any atom is 4.00 e. The zero-order valence-electron chi connectivity index (χ0n) is 19.6. The van der Waals surface area contributed by atoms with E-state index in [9.17, 15) is 0 Å². The maximum atomic E-state index is 2.26. The summed E-state index contributed by atoms with van der Waals surface area (Å²) in [7, 11) is 1.08. The fraction of sp³-hybridized carbons (Fsp3) is 0.259. The first kappa shape index (κ1) is 32.2. The van der Waals surface area contributed by atoms with Crippen molar-refractivity contribution in [3.63, 3.8) is 0 Å². The Labute approximate surface area is 223 Å². The molecule has 0 heterocycles. The van der Waals surface area contributed by atoms with Crippen molar-refractivity contribution in [2.75, 3.05) is 0 Å². The molecule has 2 radical (unpaired) electrons. The molecule has 0 saturated carbocycles. The van der Waals surface area contributed by atoms with Gasteiger partial charge in [0.15, 0.2) is 0 Å². The number of fused-ring (bicyclic) bond motifs is 1. The van der Waals surface area contributed by atoms with Gasteiger partial charge in [0.1, 0.15) is 0 Å². The van der Waals surface area contributed by atoms with Crippen LogP contribution in [0.1, 0.15) is 27.8 Å². The van der Waals surface area contributed by atoms with Gasteiger partial charge in [-0.05, 0) is 5.56 Å². The van der Waals surface area contributed by atoms with E-state index in [0.717, 1.165) is 9.52 Å². The summed E-state index contributed by atoms with van der Waals surface area (Å²) < 4.78 is 0. The van der Waals surface area contributed by atoms with E-state index in [2.05, 4.69) is 114 Å². The molecule has 0 aliphatic heterocycles. The summed E-state index contributed by atoms with van der Waals surface area (Å²) in [5.41, 5.74) is 9.69. The molecule has 4 heteroatoms. The minimum absolute atomic E-state index is 0. The van der Waals surface area contributed by atoms with E-state index < -0.39 is 0 Å². The predicted octanol–water partition coefficient (Wildman–Crippen LogP) is 1.97. The molecular weight excluding hydrogens is 602 g/mol. The first-order chi connectivity index (χ1) is 13.4. The Morgan fingerprint density at radius 1 is 0.677 bits per heavy atom. The summed E-state index contributed by atoms with van der Waals surface area (Å²) in [6, 6.07) is 23.8. The molecule has 4 aromatic carbocycles. The van der Waals surface area contributed by atoms with Gasteiger partial charge < -0.3 is 24.8 Å². The maximum absolute atomic E-state index is 2.26. The van der Waals surface area contributed by atoms with Crippen LogP contribution in [0.5, 0.6) is 0 Å². The third-order valence-corrected chi connectivity index (χ3v) is 5.16. The van der Waals surface area contributed by atoms with Crippen LogP contribution in [-0.4, -0.2) is 9.52 Å². The number of halogens is 2. The first-order valence-corrected chi connectivity index (χ1v) is 11.9. The monoisotopic (exact) mass is 634 g/mol. The van der Waals surface area contributed by atoms with Crippen LogP contribution in [0, 0.1) is 34.6 Å². The van der Waals surface area contributed by atoms with E-state index in [0.29, 0.717) is 0 Å². The van der Waals surface area contributed by atoms with Crippen LogP contribution in [0.25, 0.3) is 21.9 Å². The van der Waals surface area contributed by atoms with Gasteiger partial charge >= 0.3 is 25.8 Å². The molecule has 0 fully saturated rings. The molecule has 0 bridgehead atoms. The van der Waals surface area contributed by atoms with Gasteiger partial charge in [-0.2, -0.15) is 34.4 Å². The van der Waals surface area contributed by atoms with Gasteiger partial charge in [-0.15, -0.1) is 34.5 Å². The van der Waals surface area contributed by atoms with Crippen molar-refractivity contribution in [3.05, 3.63) is 94.5 Å². The van der Waals surface area contributed by atoms with Crippen molar-refractivity contribution in [1.82, 2.24) is 0 Å². The number of hydrogen-bond donors (Lipinski definition) is 0. The molecule has 0 spiro atoms. The first-order valence-electron chi connectivity index (χ1n) is 9.89. The second-order valence-corrected chi connectivity index (χ2v) is 8.47. The Balaban J connectivity index is 0. The third kappa shape index (κ3) is 8.85. The van der Waals surface area contributed by atoms with E-state index in [1.807, 2.05) is 0 Å². The van der Waals surface area contributed by atoms with Crippen LogP contribution >= 0.6 is 0 Å². The number of benzene rings is 2. The molecule has 0 aromatic heterocycles. The molecule has 0 aliphatic carbocycles. The summed E-state index contributed by atoms with van der Waals surface area (Å²) in [4.78, 5) is 0. The predicted molar refractivity (Wildman–Crippen MR) is 128 cm³/mol. The van der Waals surface area contributed by atoms with Crippen molar-refractivity contribution >= 4 is 20.3 Å². The molecule has 0 unspecified atom stereocenters. The summed E-state index contributed by atoms with van der Waals surface area (Å²) in [5.74, 6) is 0. The van der Waals surface area contributed by atoms with Crippen LogP contribution in [0.15, 0.2) is 66.7 Å². The Hall–Kier alpha value is -0.933. The average molecular weight is 634 g/mol. The number of hydrogen-bond acceptors (Lipinski definition) is 0. The summed E-state index contributed by atoms with van der Waals surface area (Å²) in [5, 5.41) is 2.69. The second-order valence-electron chi connectivity index (χ2n) is 7.47. The summed E-state index contributed by atoms with van der Waals surface area (Å²) in [6.07, 6.45) is 0. The zero-order valence-corrected chi connectivity index (χ0v) is 25.7. The smallest absolute Gasteiger partial charge is 1.00 e. The van der Waals surface area contributed by atoms with E-state index in [-0.39, 0.29) is 50.7 Å². The molecule has 31 heavy (non-hydrogen) atoms. The Morgan fingerprint density at radius 3 is 1.65 bits per heavy atom. The van der Waals surface area contributed by atoms with Gasteiger partial charge in [0.25, 0.3) is 0 Å². The molecular formula is C27H32Cl2HfSi. The molecule has 4 rings (SSSR count). The normalized spacial score (nSPS) is 9.13. The van der Waals surface area contributed by atoms with E-state index in [1.54, 1.807) is 0 Å². The molecule has 0 amide bonds. The van der Waals surface area contributed by atoms with Crippen LogP contribution in [-0.2, 0) is 25.8 Å². The van der Waals surface area contributed by atoms with Gasteiger partial charge in [-0.25, -0.2) is 0 Å². The van der Waals surface area contributed by atoms with Crippen molar-refractivity contribution in [3.8, 4) is 11.1 Å². The topological polar surface area (TPSA) is 0 Å². The Morgan fingerprint density at radius 2 is 1.19 bits per heavy atom. The van der Waals surface area contributed by atoms with Crippen molar-refractivity contribution in [2.45, 2.75) is 47.7 Å². The van der Waals surface area contributed by atoms with E-state index in [4.69, 9.17) is 0 Å². The molecule has 162 valence electrons.